The van der Waals surface area contributed by atoms with Crippen LogP contribution in [0.4, 0.5) is 10.1 Å². The van der Waals surface area contributed by atoms with Crippen LogP contribution in [0.3, 0.4) is 0 Å². The molecule has 0 unspecified atom stereocenters. The average Bonchev–Trinajstić information content (AvgIpc) is 2.64. The van der Waals surface area contributed by atoms with Crippen molar-refractivity contribution in [2.24, 2.45) is 0 Å². The van der Waals surface area contributed by atoms with Gasteiger partial charge in [-0.2, -0.15) is 0 Å². The zero-order valence-electron chi connectivity index (χ0n) is 13.9. The molecule has 0 aliphatic rings. The Bertz CT molecular complexity index is 956. The molecule has 126 valence electrons. The normalized spacial score (nSPS) is 10.5. The number of nitrogens with one attached hydrogen (secondary N) is 1. The molecule has 3 N–H and O–H groups in total. The molecule has 0 aliphatic heterocycles. The van der Waals surface area contributed by atoms with Crippen molar-refractivity contribution in [3.05, 3.63) is 65.9 Å². The topological polar surface area (TPSA) is 80.9 Å². The Morgan fingerprint density at radius 2 is 1.80 bits per heavy atom. The monoisotopic (exact) mass is 336 g/mol. The third kappa shape index (κ3) is 3.33. The fourth-order valence-corrected chi connectivity index (χ4v) is 2.60. The van der Waals surface area contributed by atoms with Gasteiger partial charge in [0.1, 0.15) is 11.5 Å². The molecular formula is C19H17FN4O. The first kappa shape index (κ1) is 16.6. The molecule has 3 rings (SSSR count). The standard InChI is InChI=1S/C19H17FN4O/c1-11-15(9-14(21)10-16(11)20)12-3-5-23-17(7-12)13-4-6-24-18(8-13)19(25)22-2/h3-10H,21H2,1-2H3,(H,22,25). The molecule has 3 aromatic rings. The second kappa shape index (κ2) is 6.68. The number of hydrogen-bond acceptors (Lipinski definition) is 4. The van der Waals surface area contributed by atoms with Crippen LogP contribution >= 0.6 is 0 Å². The van der Waals surface area contributed by atoms with Gasteiger partial charge in [0.2, 0.25) is 0 Å². The number of anilines is 1. The second-order valence-electron chi connectivity index (χ2n) is 5.61. The number of nitrogens with two attached hydrogens (primary N) is 1. The Morgan fingerprint density at radius 1 is 1.08 bits per heavy atom. The van der Waals surface area contributed by atoms with Crippen LogP contribution in [0.25, 0.3) is 22.4 Å². The lowest BCUT2D eigenvalue weighted by Gasteiger charge is -2.10. The molecule has 0 atom stereocenters. The van der Waals surface area contributed by atoms with Crippen LogP contribution < -0.4 is 11.1 Å². The molecule has 2 aromatic heterocycles. The van der Waals surface area contributed by atoms with E-state index in [0.29, 0.717) is 28.2 Å². The second-order valence-corrected chi connectivity index (χ2v) is 5.61. The number of nitrogens with zero attached hydrogens (tertiary/aromatic N) is 2. The fourth-order valence-electron chi connectivity index (χ4n) is 2.60. The highest BCUT2D eigenvalue weighted by Crippen LogP contribution is 2.30. The van der Waals surface area contributed by atoms with E-state index in [4.69, 9.17) is 5.73 Å². The predicted octanol–water partition coefficient (Wildman–Crippen LogP) is 3.20. The van der Waals surface area contributed by atoms with Crippen LogP contribution in [0.5, 0.6) is 0 Å². The van der Waals surface area contributed by atoms with E-state index < -0.39 is 0 Å². The Kier molecular flexibility index (Phi) is 4.43. The van der Waals surface area contributed by atoms with Crippen molar-refractivity contribution in [2.75, 3.05) is 12.8 Å². The SMILES string of the molecule is CNC(=O)c1cc(-c2cc(-c3cc(N)cc(F)c3C)ccn2)ccn1. The number of halogens is 1. The molecule has 0 saturated heterocycles. The third-order valence-corrected chi connectivity index (χ3v) is 3.95. The average molecular weight is 336 g/mol. The summed E-state index contributed by atoms with van der Waals surface area (Å²) in [6, 6.07) is 10.1. The molecule has 0 fully saturated rings. The van der Waals surface area contributed by atoms with Crippen LogP contribution in [-0.2, 0) is 0 Å². The van der Waals surface area contributed by atoms with Gasteiger partial charge in [0.05, 0.1) is 5.69 Å². The van der Waals surface area contributed by atoms with Crippen molar-refractivity contribution in [3.63, 3.8) is 0 Å². The Hall–Kier alpha value is -3.28. The fraction of sp³-hybridized carbons (Fsp3) is 0.105. The molecule has 1 amide bonds. The summed E-state index contributed by atoms with van der Waals surface area (Å²) in [7, 11) is 1.55. The zero-order chi connectivity index (χ0) is 18.0. The van der Waals surface area contributed by atoms with Crippen LogP contribution in [0.1, 0.15) is 16.1 Å². The first-order chi connectivity index (χ1) is 12.0. The largest absolute Gasteiger partial charge is 0.399 e. The summed E-state index contributed by atoms with van der Waals surface area (Å²) < 4.78 is 14.0. The number of aromatic nitrogens is 2. The maximum atomic E-state index is 14.0. The highest BCUT2D eigenvalue weighted by atomic mass is 19.1. The lowest BCUT2D eigenvalue weighted by atomic mass is 9.98. The number of pyridine rings is 2. The summed E-state index contributed by atoms with van der Waals surface area (Å²) in [4.78, 5) is 20.2. The Morgan fingerprint density at radius 3 is 2.56 bits per heavy atom. The Labute approximate surface area is 144 Å². The quantitative estimate of drug-likeness (QED) is 0.720. The summed E-state index contributed by atoms with van der Waals surface area (Å²) in [5.74, 6) is -0.620. The number of benzene rings is 1. The van der Waals surface area contributed by atoms with Crippen molar-refractivity contribution in [1.82, 2.24) is 15.3 Å². The number of amides is 1. The first-order valence-electron chi connectivity index (χ1n) is 7.70. The molecule has 0 aliphatic carbocycles. The minimum atomic E-state index is -0.348. The van der Waals surface area contributed by atoms with Crippen LogP contribution in [0.2, 0.25) is 0 Å². The summed E-state index contributed by atoms with van der Waals surface area (Å²) in [5.41, 5.74) is 9.88. The zero-order valence-corrected chi connectivity index (χ0v) is 13.9. The maximum absolute atomic E-state index is 14.0. The van der Waals surface area contributed by atoms with Crippen molar-refractivity contribution in [2.45, 2.75) is 6.92 Å². The van der Waals surface area contributed by atoms with Crippen molar-refractivity contribution in [3.8, 4) is 22.4 Å². The molecule has 5 nitrogen and oxygen atoms in total. The summed E-state index contributed by atoms with van der Waals surface area (Å²) >= 11 is 0. The third-order valence-electron chi connectivity index (χ3n) is 3.95. The molecule has 1 aromatic carbocycles. The molecule has 0 spiro atoms. The highest BCUT2D eigenvalue weighted by molar-refractivity contribution is 5.93. The van der Waals surface area contributed by atoms with Gasteiger partial charge in [0, 0.05) is 30.7 Å². The summed E-state index contributed by atoms with van der Waals surface area (Å²) in [5, 5.41) is 2.54. The van der Waals surface area contributed by atoms with E-state index in [1.54, 1.807) is 50.6 Å². The van der Waals surface area contributed by atoms with Crippen molar-refractivity contribution in [1.29, 1.82) is 0 Å². The smallest absolute Gasteiger partial charge is 0.269 e. The van der Waals surface area contributed by atoms with Gasteiger partial charge in [-0.1, -0.05) is 0 Å². The summed E-state index contributed by atoms with van der Waals surface area (Å²) in [6.07, 6.45) is 3.20. The maximum Gasteiger partial charge on any atom is 0.269 e. The van der Waals surface area contributed by atoms with Crippen LogP contribution in [-0.4, -0.2) is 22.9 Å². The molecule has 0 bridgehead atoms. The lowest BCUT2D eigenvalue weighted by molar-refractivity contribution is 0.0958. The predicted molar refractivity (Wildman–Crippen MR) is 95.4 cm³/mol. The van der Waals surface area contributed by atoms with E-state index in [1.807, 2.05) is 6.07 Å². The summed E-state index contributed by atoms with van der Waals surface area (Å²) in [6.45, 7) is 1.71. The minimum Gasteiger partial charge on any atom is -0.399 e. The van der Waals surface area contributed by atoms with Crippen molar-refractivity contribution < 1.29 is 9.18 Å². The van der Waals surface area contributed by atoms with Gasteiger partial charge in [-0.3, -0.25) is 14.8 Å². The van der Waals surface area contributed by atoms with Gasteiger partial charge < -0.3 is 11.1 Å². The highest BCUT2D eigenvalue weighted by Gasteiger charge is 2.11. The van der Waals surface area contributed by atoms with Gasteiger partial charge in [-0.05, 0) is 60.0 Å². The van der Waals surface area contributed by atoms with Crippen molar-refractivity contribution >= 4 is 11.6 Å². The Balaban J connectivity index is 2.08. The molecular weight excluding hydrogens is 319 g/mol. The van der Waals surface area contributed by atoms with Gasteiger partial charge in [-0.25, -0.2) is 4.39 Å². The van der Waals surface area contributed by atoms with E-state index in [9.17, 15) is 9.18 Å². The van der Waals surface area contributed by atoms with Gasteiger partial charge in [0.15, 0.2) is 0 Å². The number of carbonyl (C=O) groups is 1. The van der Waals surface area contributed by atoms with Crippen LogP contribution in [0, 0.1) is 12.7 Å². The number of carbonyl (C=O) groups excluding carboxylic acids is 1. The minimum absolute atomic E-state index is 0.272. The van der Waals surface area contributed by atoms with Gasteiger partial charge in [0.25, 0.3) is 5.91 Å². The molecule has 0 radical (unpaired) electrons. The van der Waals surface area contributed by atoms with E-state index in [-0.39, 0.29) is 11.7 Å². The van der Waals surface area contributed by atoms with E-state index >= 15 is 0 Å². The van der Waals surface area contributed by atoms with E-state index in [1.165, 1.54) is 6.07 Å². The van der Waals surface area contributed by atoms with Crippen LogP contribution in [0.15, 0.2) is 48.8 Å². The first-order valence-corrected chi connectivity index (χ1v) is 7.70. The molecule has 0 saturated carbocycles. The van der Waals surface area contributed by atoms with E-state index in [2.05, 4.69) is 15.3 Å². The lowest BCUT2D eigenvalue weighted by Crippen LogP contribution is -2.19. The molecule has 2 heterocycles. The number of rotatable bonds is 3. The van der Waals surface area contributed by atoms with Gasteiger partial charge in [-0.15, -0.1) is 0 Å². The molecule has 25 heavy (non-hydrogen) atoms. The van der Waals surface area contributed by atoms with Gasteiger partial charge >= 0.3 is 0 Å². The molecule has 6 heteroatoms. The van der Waals surface area contributed by atoms with E-state index in [0.717, 1.165) is 11.1 Å². The number of nitrogen functional groups attached to an aromatic ring is 1. The number of hydrogen-bond donors (Lipinski definition) is 2.